The van der Waals surface area contributed by atoms with Crippen molar-refractivity contribution < 1.29 is 32.9 Å². The average molecular weight is 588 g/mol. The molecule has 0 aromatic rings. The van der Waals surface area contributed by atoms with Crippen LogP contribution in [0.2, 0.25) is 0 Å². The number of fused-ring (bicyclic) bond motifs is 4. The summed E-state index contributed by atoms with van der Waals surface area (Å²) in [6.07, 6.45) is 4.47. The Morgan fingerprint density at radius 3 is 2.32 bits per heavy atom. The highest BCUT2D eigenvalue weighted by molar-refractivity contribution is 9.09. The molecular weight excluding hydrogens is 549 g/mol. The second-order valence-electron chi connectivity index (χ2n) is 12.9. The van der Waals surface area contributed by atoms with Gasteiger partial charge in [0.1, 0.15) is 5.60 Å². The molecule has 1 aliphatic heterocycles. The topological polar surface area (TPSA) is 58.9 Å². The van der Waals surface area contributed by atoms with Crippen molar-refractivity contribution in [1.29, 1.82) is 0 Å². The highest BCUT2D eigenvalue weighted by Gasteiger charge is 2.65. The number of allylic oxidation sites excluding steroid dienone is 1. The molecule has 0 radical (unpaired) electrons. The van der Waals surface area contributed by atoms with Crippen molar-refractivity contribution in [3.8, 4) is 11.8 Å². The van der Waals surface area contributed by atoms with Gasteiger partial charge in [0, 0.05) is 29.0 Å². The smallest absolute Gasteiger partial charge is 0.385 e. The van der Waals surface area contributed by atoms with Gasteiger partial charge < -0.3 is 19.7 Å². The summed E-state index contributed by atoms with van der Waals surface area (Å²) in [7, 11) is 0. The first-order valence-corrected chi connectivity index (χ1v) is 15.0. The van der Waals surface area contributed by atoms with E-state index in [0.717, 1.165) is 50.5 Å². The van der Waals surface area contributed by atoms with Crippen molar-refractivity contribution in [2.75, 3.05) is 13.2 Å². The lowest BCUT2D eigenvalue weighted by molar-refractivity contribution is -0.208. The van der Waals surface area contributed by atoms with Gasteiger partial charge >= 0.3 is 6.18 Å². The Bertz CT molecular complexity index is 1020. The minimum Gasteiger partial charge on any atom is -0.385 e. The molecule has 1 spiro atoms. The standard InChI is InChI=1S/C29H38BrF3O4/c1-25-16-21(18-2-4-19(30)5-3-18)24-20(22(25)7-10-27(25,35)12-13-29(31,32)33)6-9-26(34)17-28(11-8-23(24)26)36-14-15-37-28/h18-22,34-35H,2-11,14-17H2,1H3/t18?,19?,20?,21-,22?,25+,26-,27-/m1/s1. The summed E-state index contributed by atoms with van der Waals surface area (Å²) in [6.45, 7) is 3.11. The first kappa shape index (κ1) is 26.6. The molecule has 5 fully saturated rings. The molecule has 0 bridgehead atoms. The largest absolute Gasteiger partial charge is 0.457 e. The van der Waals surface area contributed by atoms with Crippen LogP contribution in [-0.4, -0.2) is 51.4 Å². The van der Waals surface area contributed by atoms with E-state index >= 15 is 0 Å². The number of aliphatic hydroxyl groups is 2. The molecule has 6 rings (SSSR count). The summed E-state index contributed by atoms with van der Waals surface area (Å²) in [5.74, 6) is 3.84. The maximum Gasteiger partial charge on any atom is 0.457 e. The Kier molecular flexibility index (Phi) is 6.45. The van der Waals surface area contributed by atoms with E-state index in [1.54, 1.807) is 0 Å². The van der Waals surface area contributed by atoms with Gasteiger partial charge in [0.05, 0.1) is 18.8 Å². The maximum atomic E-state index is 13.1. The first-order chi connectivity index (χ1) is 17.4. The lowest BCUT2D eigenvalue weighted by Crippen LogP contribution is -2.56. The van der Waals surface area contributed by atoms with Crippen molar-refractivity contribution in [2.24, 2.45) is 29.1 Å². The molecule has 4 saturated carbocycles. The molecule has 0 amide bonds. The van der Waals surface area contributed by atoms with Gasteiger partial charge in [0.15, 0.2) is 5.79 Å². The third-order valence-corrected chi connectivity index (χ3v) is 12.0. The summed E-state index contributed by atoms with van der Waals surface area (Å²) in [5.41, 5.74) is -0.797. The fourth-order valence-corrected chi connectivity index (χ4v) is 9.89. The molecular formula is C29H38BrF3O4. The lowest BCUT2D eigenvalue weighted by atomic mass is 9.48. The van der Waals surface area contributed by atoms with Crippen LogP contribution in [0.4, 0.5) is 13.2 Å². The number of halogens is 4. The van der Waals surface area contributed by atoms with E-state index in [1.807, 2.05) is 6.92 Å². The van der Waals surface area contributed by atoms with Gasteiger partial charge in [-0.15, -0.1) is 0 Å². The van der Waals surface area contributed by atoms with E-state index in [1.165, 1.54) is 11.5 Å². The average Bonchev–Trinajstić information content (AvgIpc) is 3.38. The van der Waals surface area contributed by atoms with Gasteiger partial charge in [-0.2, -0.15) is 13.2 Å². The van der Waals surface area contributed by atoms with Crippen LogP contribution in [0.15, 0.2) is 11.1 Å². The van der Waals surface area contributed by atoms with Gasteiger partial charge in [-0.3, -0.25) is 0 Å². The fourth-order valence-electron chi connectivity index (χ4n) is 9.36. The molecule has 1 heterocycles. The molecule has 37 heavy (non-hydrogen) atoms. The zero-order chi connectivity index (χ0) is 26.3. The molecule has 0 aromatic carbocycles. The summed E-state index contributed by atoms with van der Waals surface area (Å²) in [4.78, 5) is 0.500. The number of alkyl halides is 4. The Labute approximate surface area is 225 Å². The minimum atomic E-state index is -4.62. The highest BCUT2D eigenvalue weighted by Crippen LogP contribution is 2.67. The molecule has 0 aromatic heterocycles. The number of hydrogen-bond donors (Lipinski definition) is 2. The van der Waals surface area contributed by atoms with Gasteiger partial charge in [-0.1, -0.05) is 34.3 Å². The van der Waals surface area contributed by atoms with Crippen LogP contribution in [0.1, 0.15) is 84.0 Å². The van der Waals surface area contributed by atoms with Crippen molar-refractivity contribution in [3.63, 3.8) is 0 Å². The molecule has 1 saturated heterocycles. The third kappa shape index (κ3) is 4.34. The van der Waals surface area contributed by atoms with E-state index in [2.05, 4.69) is 21.9 Å². The van der Waals surface area contributed by atoms with Crippen molar-refractivity contribution in [2.45, 2.75) is 112 Å². The van der Waals surface area contributed by atoms with Gasteiger partial charge in [-0.05, 0) is 93.5 Å². The number of ether oxygens (including phenoxy) is 2. The van der Waals surface area contributed by atoms with Gasteiger partial charge in [-0.25, -0.2) is 0 Å². The molecule has 2 unspecified atom stereocenters. The van der Waals surface area contributed by atoms with Crippen molar-refractivity contribution >= 4 is 15.9 Å². The van der Waals surface area contributed by atoms with Crippen LogP contribution in [0.5, 0.6) is 0 Å². The van der Waals surface area contributed by atoms with E-state index in [9.17, 15) is 23.4 Å². The van der Waals surface area contributed by atoms with Gasteiger partial charge in [0.25, 0.3) is 0 Å². The Morgan fingerprint density at radius 1 is 0.946 bits per heavy atom. The Balaban J connectivity index is 1.42. The van der Waals surface area contributed by atoms with E-state index < -0.39 is 28.6 Å². The second kappa shape index (κ2) is 8.96. The quantitative estimate of drug-likeness (QED) is 0.223. The summed E-state index contributed by atoms with van der Waals surface area (Å²) in [6, 6.07) is 0. The normalized spacial score (nSPS) is 47.2. The van der Waals surface area contributed by atoms with Crippen molar-refractivity contribution in [1.82, 2.24) is 0 Å². The zero-order valence-electron chi connectivity index (χ0n) is 21.5. The fraction of sp³-hybridized carbons (Fsp3) is 0.862. The number of hydrogen-bond acceptors (Lipinski definition) is 4. The minimum absolute atomic E-state index is 0.0608. The van der Waals surface area contributed by atoms with E-state index in [0.29, 0.717) is 49.6 Å². The molecule has 6 atom stereocenters. The third-order valence-electron chi connectivity index (χ3n) is 11.1. The molecule has 2 N–H and O–H groups in total. The van der Waals surface area contributed by atoms with Crippen LogP contribution in [0, 0.1) is 40.9 Å². The Hall–Kier alpha value is -0.590. The van der Waals surface area contributed by atoms with Crippen LogP contribution in [0.3, 0.4) is 0 Å². The predicted octanol–water partition coefficient (Wildman–Crippen LogP) is 6.04. The second-order valence-corrected chi connectivity index (χ2v) is 14.2. The molecule has 5 aliphatic carbocycles. The number of rotatable bonds is 1. The zero-order valence-corrected chi connectivity index (χ0v) is 23.1. The lowest BCUT2D eigenvalue weighted by Gasteiger charge is -2.58. The molecule has 8 heteroatoms. The van der Waals surface area contributed by atoms with Crippen LogP contribution in [-0.2, 0) is 9.47 Å². The van der Waals surface area contributed by atoms with Crippen LogP contribution < -0.4 is 0 Å². The first-order valence-electron chi connectivity index (χ1n) is 14.1. The Morgan fingerprint density at radius 2 is 1.65 bits per heavy atom. The predicted molar refractivity (Wildman–Crippen MR) is 136 cm³/mol. The van der Waals surface area contributed by atoms with Crippen molar-refractivity contribution in [3.05, 3.63) is 11.1 Å². The molecule has 4 nitrogen and oxygen atoms in total. The van der Waals surface area contributed by atoms with Crippen LogP contribution >= 0.6 is 15.9 Å². The monoisotopic (exact) mass is 586 g/mol. The highest BCUT2D eigenvalue weighted by atomic mass is 79.9. The van der Waals surface area contributed by atoms with E-state index in [-0.39, 0.29) is 24.2 Å². The SMILES string of the molecule is C[C@]12C[C@H](C3CCC(Br)CC3)C3=C4CCC5(C[C@]4(O)CCC3C1CC[C@@]2(O)C#CC(F)(F)F)OCCO5. The summed E-state index contributed by atoms with van der Waals surface area (Å²) in [5, 5.41) is 23.8. The molecule has 6 aliphatic rings. The maximum absolute atomic E-state index is 13.1. The summed E-state index contributed by atoms with van der Waals surface area (Å²) >= 11 is 3.78. The van der Waals surface area contributed by atoms with Gasteiger partial charge in [0.2, 0.25) is 0 Å². The summed E-state index contributed by atoms with van der Waals surface area (Å²) < 4.78 is 51.3. The van der Waals surface area contributed by atoms with Crippen LogP contribution in [0.25, 0.3) is 0 Å². The molecule has 206 valence electrons. The van der Waals surface area contributed by atoms with E-state index in [4.69, 9.17) is 9.47 Å².